The third kappa shape index (κ3) is 4.52. The fraction of sp³-hybridized carbons (Fsp3) is 0.286. The van der Waals surface area contributed by atoms with Crippen LogP contribution in [0.25, 0.3) is 11.0 Å². The van der Waals surface area contributed by atoms with E-state index in [1.54, 1.807) is 12.3 Å². The first kappa shape index (κ1) is 16.4. The number of H-pyrrole nitrogens is 2. The molecule has 1 aromatic carbocycles. The Morgan fingerprint density at radius 2 is 2.33 bits per heavy atom. The summed E-state index contributed by atoms with van der Waals surface area (Å²) in [7, 11) is 0. The number of ether oxygens (including phenoxy) is 1. The number of rotatable bonds is 8. The van der Waals surface area contributed by atoms with Crippen molar-refractivity contribution in [1.29, 1.82) is 0 Å². The molecule has 2 aromatic heterocycles. The molecule has 0 radical (unpaired) electrons. The SMILES string of the molecule is O=C(COCc1nc2ccc(F)cc2[nH]1)NCCSc1cn[nH]n1. The van der Waals surface area contributed by atoms with Gasteiger partial charge in [0.05, 0.1) is 17.2 Å². The number of thioether (sulfide) groups is 1. The van der Waals surface area contributed by atoms with Crippen molar-refractivity contribution in [2.75, 3.05) is 18.9 Å². The summed E-state index contributed by atoms with van der Waals surface area (Å²) in [4.78, 5) is 18.9. The lowest BCUT2D eigenvalue weighted by Crippen LogP contribution is -2.29. The largest absolute Gasteiger partial charge is 0.364 e. The second-order valence-corrected chi connectivity index (χ2v) is 5.96. The van der Waals surface area contributed by atoms with Crippen LogP contribution in [-0.2, 0) is 16.1 Å². The lowest BCUT2D eigenvalue weighted by molar-refractivity contribution is -0.126. The standard InChI is InChI=1S/C14H15FN6O2S/c15-9-1-2-10-11(5-9)19-12(18-10)7-23-8-13(22)16-3-4-24-14-6-17-21-20-14/h1-2,5-6H,3-4,7-8H2,(H,16,22)(H,18,19)(H,17,20,21). The zero-order chi connectivity index (χ0) is 16.8. The minimum Gasteiger partial charge on any atom is -0.364 e. The second kappa shape index (κ2) is 7.88. The highest BCUT2D eigenvalue weighted by molar-refractivity contribution is 7.99. The van der Waals surface area contributed by atoms with E-state index in [-0.39, 0.29) is 24.9 Å². The fourth-order valence-electron chi connectivity index (χ4n) is 2.00. The first-order valence-electron chi connectivity index (χ1n) is 7.18. The van der Waals surface area contributed by atoms with Crippen LogP contribution in [0.3, 0.4) is 0 Å². The number of halogens is 1. The molecule has 0 spiro atoms. The zero-order valence-electron chi connectivity index (χ0n) is 12.6. The highest BCUT2D eigenvalue weighted by Gasteiger charge is 2.06. The molecule has 1 amide bonds. The first-order chi connectivity index (χ1) is 11.7. The van der Waals surface area contributed by atoms with Crippen LogP contribution >= 0.6 is 11.8 Å². The Bertz CT molecular complexity index is 807. The number of nitrogens with one attached hydrogen (secondary N) is 3. The maximum absolute atomic E-state index is 13.1. The van der Waals surface area contributed by atoms with Gasteiger partial charge in [-0.2, -0.15) is 10.3 Å². The van der Waals surface area contributed by atoms with Crippen LogP contribution in [0.2, 0.25) is 0 Å². The highest BCUT2D eigenvalue weighted by Crippen LogP contribution is 2.13. The summed E-state index contributed by atoms with van der Waals surface area (Å²) in [6.07, 6.45) is 1.62. The summed E-state index contributed by atoms with van der Waals surface area (Å²) in [6, 6.07) is 4.30. The molecule has 10 heteroatoms. The number of hydrogen-bond donors (Lipinski definition) is 3. The van der Waals surface area contributed by atoms with Crippen molar-refractivity contribution in [1.82, 2.24) is 30.7 Å². The van der Waals surface area contributed by atoms with Gasteiger partial charge in [-0.3, -0.25) is 4.79 Å². The van der Waals surface area contributed by atoms with Gasteiger partial charge in [-0.05, 0) is 18.2 Å². The number of carbonyl (C=O) groups is 1. The van der Waals surface area contributed by atoms with E-state index in [2.05, 4.69) is 30.7 Å². The van der Waals surface area contributed by atoms with Crippen molar-refractivity contribution in [3.63, 3.8) is 0 Å². The molecular formula is C14H15FN6O2S. The van der Waals surface area contributed by atoms with E-state index in [4.69, 9.17) is 4.74 Å². The summed E-state index contributed by atoms with van der Waals surface area (Å²) < 4.78 is 18.4. The van der Waals surface area contributed by atoms with E-state index in [0.29, 0.717) is 29.2 Å². The van der Waals surface area contributed by atoms with Crippen LogP contribution in [0.4, 0.5) is 4.39 Å². The van der Waals surface area contributed by atoms with Crippen LogP contribution in [0.1, 0.15) is 5.82 Å². The number of aromatic nitrogens is 5. The van der Waals surface area contributed by atoms with Gasteiger partial charge in [0.1, 0.15) is 29.9 Å². The minimum atomic E-state index is -0.332. The molecule has 0 saturated heterocycles. The molecule has 0 aliphatic rings. The van der Waals surface area contributed by atoms with Gasteiger partial charge < -0.3 is 15.0 Å². The zero-order valence-corrected chi connectivity index (χ0v) is 13.4. The summed E-state index contributed by atoms with van der Waals surface area (Å²) in [6.45, 7) is 0.584. The Labute approximate surface area is 140 Å². The molecule has 0 aliphatic carbocycles. The van der Waals surface area contributed by atoms with E-state index in [1.165, 1.54) is 23.9 Å². The lowest BCUT2D eigenvalue weighted by Gasteiger charge is -2.04. The number of carbonyl (C=O) groups excluding carboxylic acids is 1. The number of amides is 1. The molecule has 3 rings (SSSR count). The number of aromatic amines is 2. The molecule has 3 aromatic rings. The summed E-state index contributed by atoms with van der Waals surface area (Å²) in [5, 5.41) is 13.6. The van der Waals surface area contributed by atoms with Gasteiger partial charge in [0.25, 0.3) is 0 Å². The van der Waals surface area contributed by atoms with Gasteiger partial charge in [-0.25, -0.2) is 9.37 Å². The fourth-order valence-corrected chi connectivity index (χ4v) is 2.65. The Hall–Kier alpha value is -2.46. The molecule has 0 bridgehead atoms. The number of nitrogens with zero attached hydrogens (tertiary/aromatic N) is 3. The smallest absolute Gasteiger partial charge is 0.246 e. The maximum atomic E-state index is 13.1. The van der Waals surface area contributed by atoms with E-state index < -0.39 is 0 Å². The van der Waals surface area contributed by atoms with Crippen LogP contribution in [0, 0.1) is 5.82 Å². The van der Waals surface area contributed by atoms with E-state index in [1.807, 2.05) is 0 Å². The monoisotopic (exact) mass is 350 g/mol. The number of benzene rings is 1. The van der Waals surface area contributed by atoms with Crippen molar-refractivity contribution in [3.8, 4) is 0 Å². The Kier molecular flexibility index (Phi) is 5.39. The predicted molar refractivity (Wildman–Crippen MR) is 85.8 cm³/mol. The van der Waals surface area contributed by atoms with Crippen molar-refractivity contribution in [2.24, 2.45) is 0 Å². The Morgan fingerprint density at radius 3 is 3.17 bits per heavy atom. The van der Waals surface area contributed by atoms with E-state index >= 15 is 0 Å². The Morgan fingerprint density at radius 1 is 1.42 bits per heavy atom. The van der Waals surface area contributed by atoms with Crippen molar-refractivity contribution >= 4 is 28.7 Å². The van der Waals surface area contributed by atoms with Crippen LogP contribution in [0.5, 0.6) is 0 Å². The topological polar surface area (TPSA) is 109 Å². The molecule has 126 valence electrons. The normalized spacial score (nSPS) is 11.0. The maximum Gasteiger partial charge on any atom is 0.246 e. The predicted octanol–water partition coefficient (Wildman–Crippen LogP) is 1.25. The van der Waals surface area contributed by atoms with Gasteiger partial charge in [0, 0.05) is 12.3 Å². The summed E-state index contributed by atoms with van der Waals surface area (Å²) in [5.41, 5.74) is 1.26. The molecule has 3 N–H and O–H groups in total. The molecule has 0 atom stereocenters. The number of imidazole rings is 1. The third-order valence-corrected chi connectivity index (χ3v) is 3.93. The third-order valence-electron chi connectivity index (χ3n) is 3.03. The van der Waals surface area contributed by atoms with Gasteiger partial charge >= 0.3 is 0 Å². The van der Waals surface area contributed by atoms with Crippen molar-refractivity contribution in [2.45, 2.75) is 11.6 Å². The average molecular weight is 350 g/mol. The van der Waals surface area contributed by atoms with E-state index in [0.717, 1.165) is 5.03 Å². The molecule has 24 heavy (non-hydrogen) atoms. The number of fused-ring (bicyclic) bond motifs is 1. The molecule has 0 unspecified atom stereocenters. The van der Waals surface area contributed by atoms with Gasteiger partial charge in [0.15, 0.2) is 0 Å². The average Bonchev–Trinajstić information content (AvgIpc) is 3.20. The van der Waals surface area contributed by atoms with Crippen LogP contribution < -0.4 is 5.32 Å². The minimum absolute atomic E-state index is 0.0694. The molecular weight excluding hydrogens is 335 g/mol. The van der Waals surface area contributed by atoms with Gasteiger partial charge in [0.2, 0.25) is 5.91 Å². The van der Waals surface area contributed by atoms with Crippen molar-refractivity contribution < 1.29 is 13.9 Å². The van der Waals surface area contributed by atoms with Crippen molar-refractivity contribution in [3.05, 3.63) is 36.0 Å². The second-order valence-electron chi connectivity index (χ2n) is 4.84. The molecule has 2 heterocycles. The van der Waals surface area contributed by atoms with Gasteiger partial charge in [-0.1, -0.05) is 0 Å². The molecule has 0 aliphatic heterocycles. The Balaban J connectivity index is 1.35. The summed E-state index contributed by atoms with van der Waals surface area (Å²) >= 11 is 1.49. The highest BCUT2D eigenvalue weighted by atomic mass is 32.2. The van der Waals surface area contributed by atoms with Gasteiger partial charge in [-0.15, -0.1) is 16.9 Å². The van der Waals surface area contributed by atoms with E-state index in [9.17, 15) is 9.18 Å². The molecule has 0 saturated carbocycles. The molecule has 8 nitrogen and oxygen atoms in total. The molecule has 0 fully saturated rings. The van der Waals surface area contributed by atoms with Crippen LogP contribution in [-0.4, -0.2) is 50.2 Å². The van der Waals surface area contributed by atoms with Crippen LogP contribution in [0.15, 0.2) is 29.4 Å². The summed E-state index contributed by atoms with van der Waals surface area (Å²) in [5.74, 6) is 0.692. The quantitative estimate of drug-likeness (QED) is 0.417. The lowest BCUT2D eigenvalue weighted by atomic mass is 10.3. The number of hydrogen-bond acceptors (Lipinski definition) is 6. The first-order valence-corrected chi connectivity index (χ1v) is 8.16.